The van der Waals surface area contributed by atoms with Gasteiger partial charge >= 0.3 is 5.97 Å². The number of rotatable bonds is 6. The normalized spacial score (nSPS) is 17.1. The van der Waals surface area contributed by atoms with Gasteiger partial charge in [0.05, 0.1) is 6.42 Å². The summed E-state index contributed by atoms with van der Waals surface area (Å²) in [4.78, 5) is 13.0. The Morgan fingerprint density at radius 1 is 1.35 bits per heavy atom. The zero-order valence-corrected chi connectivity index (χ0v) is 10.2. The third kappa shape index (κ3) is 3.56. The zero-order chi connectivity index (χ0) is 12.3. The summed E-state index contributed by atoms with van der Waals surface area (Å²) in [6, 6.07) is 10.3. The maximum atomic E-state index is 10.8. The summed E-state index contributed by atoms with van der Waals surface area (Å²) in [5.41, 5.74) is 1.33. The average Bonchev–Trinajstić information content (AvgIpc) is 2.97. The van der Waals surface area contributed by atoms with Gasteiger partial charge in [-0.25, -0.2) is 0 Å². The Morgan fingerprint density at radius 3 is 2.53 bits per heavy atom. The fourth-order valence-corrected chi connectivity index (χ4v) is 2.41. The highest BCUT2D eigenvalue weighted by molar-refractivity contribution is 5.68. The van der Waals surface area contributed by atoms with E-state index in [1.54, 1.807) is 0 Å². The molecule has 3 nitrogen and oxygen atoms in total. The minimum atomic E-state index is -0.671. The van der Waals surface area contributed by atoms with E-state index in [0.29, 0.717) is 6.42 Å². The quantitative estimate of drug-likeness (QED) is 0.820. The lowest BCUT2D eigenvalue weighted by molar-refractivity contribution is -0.138. The molecule has 0 radical (unpaired) electrons. The van der Waals surface area contributed by atoms with Gasteiger partial charge in [-0.3, -0.25) is 4.79 Å². The number of hydrogen-bond donors (Lipinski definition) is 1. The van der Waals surface area contributed by atoms with Crippen molar-refractivity contribution in [2.24, 2.45) is 5.41 Å². The average molecular weight is 233 g/mol. The summed E-state index contributed by atoms with van der Waals surface area (Å²) in [6.45, 7) is 1.77. The topological polar surface area (TPSA) is 40.5 Å². The molecule has 3 heteroatoms. The van der Waals surface area contributed by atoms with E-state index in [1.165, 1.54) is 5.56 Å². The van der Waals surface area contributed by atoms with E-state index in [2.05, 4.69) is 24.1 Å². The first-order valence-corrected chi connectivity index (χ1v) is 6.04. The molecule has 2 rings (SSSR count). The van der Waals surface area contributed by atoms with Crippen molar-refractivity contribution in [3.05, 3.63) is 35.9 Å². The van der Waals surface area contributed by atoms with Crippen molar-refractivity contribution in [1.29, 1.82) is 0 Å². The van der Waals surface area contributed by atoms with Crippen LogP contribution in [0, 0.1) is 5.41 Å². The number of aliphatic carboxylic acids is 1. The lowest BCUT2D eigenvalue weighted by atomic mass is 10.0. The van der Waals surface area contributed by atoms with Gasteiger partial charge in [-0.05, 0) is 30.9 Å². The molecule has 0 saturated heterocycles. The first kappa shape index (κ1) is 12.1. The Labute approximate surface area is 102 Å². The summed E-state index contributed by atoms with van der Waals surface area (Å²) >= 11 is 0. The van der Waals surface area contributed by atoms with Crippen LogP contribution in [0.4, 0.5) is 0 Å². The maximum absolute atomic E-state index is 10.8. The van der Waals surface area contributed by atoms with Gasteiger partial charge in [0.1, 0.15) is 0 Å². The molecule has 0 unspecified atom stereocenters. The monoisotopic (exact) mass is 233 g/mol. The molecule has 1 aliphatic carbocycles. The fraction of sp³-hybridized carbons (Fsp3) is 0.500. The molecule has 0 heterocycles. The van der Waals surface area contributed by atoms with Crippen molar-refractivity contribution in [1.82, 2.24) is 4.90 Å². The summed E-state index contributed by atoms with van der Waals surface area (Å²) < 4.78 is 0. The molecule has 1 fully saturated rings. The molecule has 1 aromatic rings. The zero-order valence-electron chi connectivity index (χ0n) is 10.2. The molecule has 0 bridgehead atoms. The summed E-state index contributed by atoms with van der Waals surface area (Å²) in [5.74, 6) is -0.671. The van der Waals surface area contributed by atoms with Crippen molar-refractivity contribution < 1.29 is 9.90 Å². The molecule has 1 saturated carbocycles. The standard InChI is InChI=1S/C14H19NO2/c1-15(10-12-5-3-2-4-6-12)11-14(7-8-14)9-13(16)17/h2-6H,7-11H2,1H3,(H,16,17). The van der Waals surface area contributed by atoms with Gasteiger partial charge in [0, 0.05) is 13.1 Å². The van der Waals surface area contributed by atoms with Crippen LogP contribution in [0.5, 0.6) is 0 Å². The highest BCUT2D eigenvalue weighted by Gasteiger charge is 2.44. The second-order valence-corrected chi connectivity index (χ2v) is 5.23. The molecule has 0 amide bonds. The summed E-state index contributed by atoms with van der Waals surface area (Å²) in [5, 5.41) is 8.87. The summed E-state index contributed by atoms with van der Waals surface area (Å²) in [7, 11) is 2.06. The highest BCUT2D eigenvalue weighted by Crippen LogP contribution is 2.49. The smallest absolute Gasteiger partial charge is 0.303 e. The van der Waals surface area contributed by atoms with Crippen molar-refractivity contribution in [3.8, 4) is 0 Å². The first-order chi connectivity index (χ1) is 8.10. The van der Waals surface area contributed by atoms with Crippen LogP contribution in [-0.2, 0) is 11.3 Å². The van der Waals surface area contributed by atoms with Gasteiger partial charge in [0.15, 0.2) is 0 Å². The van der Waals surface area contributed by atoms with Crippen LogP contribution in [0.25, 0.3) is 0 Å². The minimum absolute atomic E-state index is 0.0510. The van der Waals surface area contributed by atoms with Crippen LogP contribution < -0.4 is 0 Å². The van der Waals surface area contributed by atoms with Crippen LogP contribution in [-0.4, -0.2) is 29.6 Å². The number of carboxylic acid groups (broad SMARTS) is 1. The number of hydrogen-bond acceptors (Lipinski definition) is 2. The molecule has 0 atom stereocenters. The summed E-state index contributed by atoms with van der Waals surface area (Å²) in [6.07, 6.45) is 2.42. The van der Waals surface area contributed by atoms with Gasteiger partial charge in [-0.1, -0.05) is 30.3 Å². The van der Waals surface area contributed by atoms with Gasteiger partial charge in [-0.2, -0.15) is 0 Å². The van der Waals surface area contributed by atoms with Crippen LogP contribution >= 0.6 is 0 Å². The Balaban J connectivity index is 1.85. The van der Waals surface area contributed by atoms with Crippen molar-refractivity contribution in [2.75, 3.05) is 13.6 Å². The maximum Gasteiger partial charge on any atom is 0.303 e. The van der Waals surface area contributed by atoms with E-state index < -0.39 is 5.97 Å². The number of carboxylic acids is 1. The lowest BCUT2D eigenvalue weighted by Gasteiger charge is -2.22. The minimum Gasteiger partial charge on any atom is -0.481 e. The molecule has 0 aliphatic heterocycles. The van der Waals surface area contributed by atoms with Gasteiger partial charge < -0.3 is 10.0 Å². The molecule has 0 aromatic heterocycles. The van der Waals surface area contributed by atoms with Gasteiger partial charge in [-0.15, -0.1) is 0 Å². The third-order valence-corrected chi connectivity index (χ3v) is 3.38. The molecular weight excluding hydrogens is 214 g/mol. The van der Waals surface area contributed by atoms with Gasteiger partial charge in [0.25, 0.3) is 0 Å². The van der Waals surface area contributed by atoms with E-state index >= 15 is 0 Å². The Bertz CT molecular complexity index is 384. The van der Waals surface area contributed by atoms with Crippen molar-refractivity contribution in [2.45, 2.75) is 25.8 Å². The second-order valence-electron chi connectivity index (χ2n) is 5.23. The van der Waals surface area contributed by atoms with Gasteiger partial charge in [0.2, 0.25) is 0 Å². The largest absolute Gasteiger partial charge is 0.481 e. The van der Waals surface area contributed by atoms with Crippen LogP contribution in [0.15, 0.2) is 30.3 Å². The molecule has 0 spiro atoms. The van der Waals surface area contributed by atoms with Crippen molar-refractivity contribution in [3.63, 3.8) is 0 Å². The van der Waals surface area contributed by atoms with E-state index in [4.69, 9.17) is 5.11 Å². The van der Waals surface area contributed by atoms with E-state index in [9.17, 15) is 4.79 Å². The highest BCUT2D eigenvalue weighted by atomic mass is 16.4. The predicted octanol–water partition coefficient (Wildman–Crippen LogP) is 2.37. The third-order valence-electron chi connectivity index (χ3n) is 3.38. The lowest BCUT2D eigenvalue weighted by Crippen LogP contribution is -2.28. The predicted molar refractivity (Wildman–Crippen MR) is 66.7 cm³/mol. The van der Waals surface area contributed by atoms with E-state index in [-0.39, 0.29) is 5.41 Å². The Kier molecular flexibility index (Phi) is 3.48. The molecule has 17 heavy (non-hydrogen) atoms. The van der Waals surface area contributed by atoms with Crippen LogP contribution in [0.1, 0.15) is 24.8 Å². The Morgan fingerprint density at radius 2 is 2.00 bits per heavy atom. The number of nitrogens with zero attached hydrogens (tertiary/aromatic N) is 1. The number of carbonyl (C=O) groups is 1. The van der Waals surface area contributed by atoms with Crippen LogP contribution in [0.3, 0.4) is 0 Å². The van der Waals surface area contributed by atoms with Crippen LogP contribution in [0.2, 0.25) is 0 Å². The van der Waals surface area contributed by atoms with E-state index in [1.807, 2.05) is 18.2 Å². The molecule has 92 valence electrons. The Hall–Kier alpha value is -1.35. The molecular formula is C14H19NO2. The first-order valence-electron chi connectivity index (χ1n) is 6.04. The van der Waals surface area contributed by atoms with E-state index in [0.717, 1.165) is 25.9 Å². The SMILES string of the molecule is CN(Cc1ccccc1)CC1(CC(=O)O)CC1. The number of benzene rings is 1. The molecule has 1 N–H and O–H groups in total. The molecule has 1 aromatic carbocycles. The van der Waals surface area contributed by atoms with Crippen molar-refractivity contribution >= 4 is 5.97 Å². The second kappa shape index (κ2) is 4.88. The fourth-order valence-electron chi connectivity index (χ4n) is 2.41. The molecule has 1 aliphatic rings.